The maximum absolute atomic E-state index is 12.4. The number of carbonyl (C=O) groups is 1. The summed E-state index contributed by atoms with van der Waals surface area (Å²) in [6.45, 7) is 1.68. The van der Waals surface area contributed by atoms with Gasteiger partial charge in [0, 0.05) is 6.04 Å². The van der Waals surface area contributed by atoms with E-state index in [9.17, 15) is 14.9 Å². The van der Waals surface area contributed by atoms with Gasteiger partial charge in [-0.3, -0.25) is 14.9 Å². The van der Waals surface area contributed by atoms with Crippen LogP contribution in [0.1, 0.15) is 23.2 Å². The van der Waals surface area contributed by atoms with Crippen molar-refractivity contribution in [3.8, 4) is 5.75 Å². The first-order valence-corrected chi connectivity index (χ1v) is 8.21. The summed E-state index contributed by atoms with van der Waals surface area (Å²) >= 11 is 1.38. The van der Waals surface area contributed by atoms with Gasteiger partial charge in [-0.05, 0) is 38.3 Å². The molecule has 7 nitrogen and oxygen atoms in total. The monoisotopic (exact) mass is 325 g/mol. The number of nitrogens with zero attached hydrogens (tertiary/aromatic N) is 1. The highest BCUT2D eigenvalue weighted by Gasteiger charge is 2.25. The highest BCUT2D eigenvalue weighted by atomic mass is 32.2. The number of nitro groups is 1. The third-order valence-corrected chi connectivity index (χ3v) is 4.38. The molecule has 8 heteroatoms. The molecular formula is C14H19N3O4S. The minimum absolute atomic E-state index is 0.0492. The van der Waals surface area contributed by atoms with Gasteiger partial charge >= 0.3 is 0 Å². The van der Waals surface area contributed by atoms with Crippen LogP contribution >= 0.6 is 11.8 Å². The van der Waals surface area contributed by atoms with Gasteiger partial charge in [0.05, 0.1) is 23.0 Å². The Morgan fingerprint density at radius 3 is 2.68 bits per heavy atom. The number of rotatable bonds is 5. The van der Waals surface area contributed by atoms with E-state index in [0.717, 1.165) is 25.9 Å². The Morgan fingerprint density at radius 2 is 2.14 bits per heavy atom. The number of methoxy groups -OCH3 is 1. The Kier molecular flexibility index (Phi) is 5.62. The predicted molar refractivity (Wildman–Crippen MR) is 84.8 cm³/mol. The third-order valence-electron chi connectivity index (χ3n) is 3.62. The zero-order chi connectivity index (χ0) is 16.1. The van der Waals surface area contributed by atoms with E-state index in [1.54, 1.807) is 0 Å². The molecule has 1 aliphatic heterocycles. The number of amides is 1. The van der Waals surface area contributed by atoms with E-state index in [1.807, 2.05) is 6.26 Å². The molecule has 120 valence electrons. The zero-order valence-corrected chi connectivity index (χ0v) is 13.4. The van der Waals surface area contributed by atoms with Crippen molar-refractivity contribution in [2.75, 3.05) is 26.5 Å². The van der Waals surface area contributed by atoms with Gasteiger partial charge < -0.3 is 15.4 Å². The summed E-state index contributed by atoms with van der Waals surface area (Å²) in [5.74, 6) is -0.00540. The van der Waals surface area contributed by atoms with Crippen LogP contribution in [0.15, 0.2) is 17.0 Å². The standard InChI is InChI=1S/C14H19N3O4S/c1-21-12-8-11(17(19)20)10(7-13(12)22-2)14(18)16-9-3-5-15-6-4-9/h7-9,15H,3-6H2,1-2H3,(H,16,18). The Balaban J connectivity index is 2.30. The lowest BCUT2D eigenvalue weighted by atomic mass is 10.1. The number of hydrogen-bond acceptors (Lipinski definition) is 6. The van der Waals surface area contributed by atoms with Crippen molar-refractivity contribution in [3.63, 3.8) is 0 Å². The summed E-state index contributed by atoms with van der Waals surface area (Å²) in [4.78, 5) is 23.8. The summed E-state index contributed by atoms with van der Waals surface area (Å²) in [7, 11) is 1.45. The van der Waals surface area contributed by atoms with Gasteiger partial charge in [-0.2, -0.15) is 0 Å². The quantitative estimate of drug-likeness (QED) is 0.487. The molecule has 0 bridgehead atoms. The molecule has 1 amide bonds. The second-order valence-corrected chi connectivity index (χ2v) is 5.83. The van der Waals surface area contributed by atoms with E-state index in [4.69, 9.17) is 4.74 Å². The Morgan fingerprint density at radius 1 is 1.45 bits per heavy atom. The van der Waals surface area contributed by atoms with Crippen LogP contribution in [0, 0.1) is 10.1 Å². The Hall–Kier alpha value is -1.80. The van der Waals surface area contributed by atoms with Crippen molar-refractivity contribution >= 4 is 23.4 Å². The molecule has 1 aromatic carbocycles. The van der Waals surface area contributed by atoms with E-state index >= 15 is 0 Å². The molecule has 1 fully saturated rings. The van der Waals surface area contributed by atoms with Gasteiger partial charge in [0.1, 0.15) is 11.3 Å². The number of hydrogen-bond donors (Lipinski definition) is 2. The number of thioether (sulfide) groups is 1. The normalized spacial score (nSPS) is 15.4. The van der Waals surface area contributed by atoms with Crippen molar-refractivity contribution in [3.05, 3.63) is 27.8 Å². The lowest BCUT2D eigenvalue weighted by Gasteiger charge is -2.23. The van der Waals surface area contributed by atoms with Crippen LogP contribution in [0.5, 0.6) is 5.75 Å². The van der Waals surface area contributed by atoms with E-state index < -0.39 is 10.8 Å². The number of nitro benzene ring substituents is 1. The molecule has 1 saturated heterocycles. The molecule has 0 spiro atoms. The zero-order valence-electron chi connectivity index (χ0n) is 12.5. The number of benzene rings is 1. The molecule has 1 aromatic rings. The average molecular weight is 325 g/mol. The molecular weight excluding hydrogens is 306 g/mol. The van der Waals surface area contributed by atoms with Gasteiger partial charge in [0.25, 0.3) is 11.6 Å². The SMILES string of the molecule is COc1cc([N+](=O)[O-])c(C(=O)NC2CCNCC2)cc1SC. The first kappa shape index (κ1) is 16.6. The molecule has 0 radical (unpaired) electrons. The van der Waals surface area contributed by atoms with Crippen LogP contribution in [-0.2, 0) is 0 Å². The first-order valence-electron chi connectivity index (χ1n) is 6.98. The van der Waals surface area contributed by atoms with Crippen molar-refractivity contribution < 1.29 is 14.5 Å². The number of nitrogens with one attached hydrogen (secondary N) is 2. The number of piperidine rings is 1. The lowest BCUT2D eigenvalue weighted by molar-refractivity contribution is -0.385. The largest absolute Gasteiger partial charge is 0.495 e. The summed E-state index contributed by atoms with van der Waals surface area (Å²) in [6, 6.07) is 2.88. The minimum Gasteiger partial charge on any atom is -0.495 e. The van der Waals surface area contributed by atoms with Crippen molar-refractivity contribution in [2.45, 2.75) is 23.8 Å². The van der Waals surface area contributed by atoms with Crippen molar-refractivity contribution in [2.24, 2.45) is 0 Å². The summed E-state index contributed by atoms with van der Waals surface area (Å²) in [6.07, 6.45) is 3.48. The number of carbonyl (C=O) groups excluding carboxylic acids is 1. The van der Waals surface area contributed by atoms with Gasteiger partial charge in [0.2, 0.25) is 0 Å². The van der Waals surface area contributed by atoms with E-state index in [2.05, 4.69) is 10.6 Å². The topological polar surface area (TPSA) is 93.5 Å². The molecule has 1 aliphatic rings. The van der Waals surface area contributed by atoms with Crippen LogP contribution in [-0.4, -0.2) is 43.3 Å². The molecule has 0 saturated carbocycles. The summed E-state index contributed by atoms with van der Waals surface area (Å²) in [5.41, 5.74) is -0.158. The Labute approximate surface area is 132 Å². The van der Waals surface area contributed by atoms with Crippen molar-refractivity contribution in [1.29, 1.82) is 0 Å². The van der Waals surface area contributed by atoms with Crippen LogP contribution in [0.2, 0.25) is 0 Å². The van der Waals surface area contributed by atoms with Crippen LogP contribution < -0.4 is 15.4 Å². The highest BCUT2D eigenvalue weighted by Crippen LogP contribution is 2.34. The van der Waals surface area contributed by atoms with E-state index in [-0.39, 0.29) is 17.3 Å². The fraction of sp³-hybridized carbons (Fsp3) is 0.500. The van der Waals surface area contributed by atoms with Crippen LogP contribution in [0.25, 0.3) is 0 Å². The second-order valence-electron chi connectivity index (χ2n) is 4.98. The van der Waals surface area contributed by atoms with Crippen LogP contribution in [0.4, 0.5) is 5.69 Å². The molecule has 0 aromatic heterocycles. The lowest BCUT2D eigenvalue weighted by Crippen LogP contribution is -2.42. The second kappa shape index (κ2) is 7.46. The molecule has 0 unspecified atom stereocenters. The maximum atomic E-state index is 12.4. The van der Waals surface area contributed by atoms with Gasteiger partial charge in [-0.1, -0.05) is 0 Å². The molecule has 2 N–H and O–H groups in total. The van der Waals surface area contributed by atoms with E-state index in [1.165, 1.54) is 31.0 Å². The van der Waals surface area contributed by atoms with E-state index in [0.29, 0.717) is 10.6 Å². The Bertz CT molecular complexity index is 573. The van der Waals surface area contributed by atoms with Gasteiger partial charge in [0.15, 0.2) is 0 Å². The first-order chi connectivity index (χ1) is 10.6. The minimum atomic E-state index is -0.552. The fourth-order valence-electron chi connectivity index (χ4n) is 2.43. The average Bonchev–Trinajstić information content (AvgIpc) is 2.54. The van der Waals surface area contributed by atoms with Crippen LogP contribution in [0.3, 0.4) is 0 Å². The van der Waals surface area contributed by atoms with Crippen molar-refractivity contribution in [1.82, 2.24) is 10.6 Å². The maximum Gasteiger partial charge on any atom is 0.285 e. The number of ether oxygens (including phenoxy) is 1. The van der Waals surface area contributed by atoms with Gasteiger partial charge in [-0.15, -0.1) is 11.8 Å². The third kappa shape index (κ3) is 3.69. The highest BCUT2D eigenvalue weighted by molar-refractivity contribution is 7.98. The smallest absolute Gasteiger partial charge is 0.285 e. The molecule has 1 heterocycles. The summed E-state index contributed by atoms with van der Waals surface area (Å²) < 4.78 is 5.15. The van der Waals surface area contributed by atoms with Gasteiger partial charge in [-0.25, -0.2) is 0 Å². The fourth-order valence-corrected chi connectivity index (χ4v) is 3.01. The molecule has 22 heavy (non-hydrogen) atoms. The molecule has 0 atom stereocenters. The predicted octanol–water partition coefficient (Wildman–Crippen LogP) is 1.81. The molecule has 0 aliphatic carbocycles. The summed E-state index contributed by atoms with van der Waals surface area (Å²) in [5, 5.41) is 17.3. The molecule has 2 rings (SSSR count).